The molecule has 2 saturated carbocycles. The van der Waals surface area contributed by atoms with Gasteiger partial charge in [0.15, 0.2) is 0 Å². The van der Waals surface area contributed by atoms with Crippen LogP contribution in [-0.4, -0.2) is 46.6 Å². The lowest BCUT2D eigenvalue weighted by molar-refractivity contribution is -0.142. The summed E-state index contributed by atoms with van der Waals surface area (Å²) in [4.78, 5) is 30.3. The fourth-order valence-corrected chi connectivity index (χ4v) is 7.74. The predicted molar refractivity (Wildman–Crippen MR) is 160 cm³/mol. The molecule has 3 N–H and O–H groups in total. The number of aryl methyl sites for hydroxylation is 1. The van der Waals surface area contributed by atoms with E-state index in [9.17, 15) is 20.0 Å². The molecule has 8 heteroatoms. The average molecular weight is 569 g/mol. The number of amides is 1. The first-order valence-corrected chi connectivity index (χ1v) is 15.2. The van der Waals surface area contributed by atoms with Crippen molar-refractivity contribution in [3.63, 3.8) is 0 Å². The number of fused-ring (bicyclic) bond motifs is 1. The van der Waals surface area contributed by atoms with Gasteiger partial charge in [0.05, 0.1) is 19.1 Å². The number of hydrogen-bond donors (Lipinski definition) is 3. The summed E-state index contributed by atoms with van der Waals surface area (Å²) in [7, 11) is 1.73. The third-order valence-electron chi connectivity index (χ3n) is 10.2. The summed E-state index contributed by atoms with van der Waals surface area (Å²) in [5.74, 6) is -0.0853. The molecule has 0 radical (unpaired) electrons. The van der Waals surface area contributed by atoms with Crippen LogP contribution in [-0.2, 0) is 11.3 Å². The second-order valence-corrected chi connectivity index (χ2v) is 12.8. The van der Waals surface area contributed by atoms with E-state index in [0.29, 0.717) is 31.2 Å². The number of nitriles is 1. The molecule has 0 bridgehead atoms. The Kier molecular flexibility index (Phi) is 7.71. The van der Waals surface area contributed by atoms with E-state index in [2.05, 4.69) is 52.5 Å². The van der Waals surface area contributed by atoms with E-state index in [1.165, 1.54) is 16.5 Å². The number of carbonyl (C=O) groups is 2. The van der Waals surface area contributed by atoms with Crippen LogP contribution >= 0.6 is 0 Å². The molecular weight excluding hydrogens is 528 g/mol. The van der Waals surface area contributed by atoms with Gasteiger partial charge in [0.2, 0.25) is 0 Å². The van der Waals surface area contributed by atoms with E-state index in [-0.39, 0.29) is 35.2 Å². The van der Waals surface area contributed by atoms with E-state index in [4.69, 9.17) is 4.74 Å². The molecule has 3 aromatic rings. The molecule has 1 saturated heterocycles. The molecule has 220 valence electrons. The number of nitrogens with one attached hydrogen (secondary N) is 2. The first kappa shape index (κ1) is 28.3. The smallest absolute Gasteiger partial charge is 0.306 e. The molecular formula is C34H40N4O4. The summed E-state index contributed by atoms with van der Waals surface area (Å²) in [6, 6.07) is 14.9. The van der Waals surface area contributed by atoms with Crippen molar-refractivity contribution < 1.29 is 19.4 Å². The van der Waals surface area contributed by atoms with Crippen molar-refractivity contribution in [3.05, 3.63) is 64.8 Å². The number of methoxy groups -OCH3 is 1. The van der Waals surface area contributed by atoms with Crippen LogP contribution in [0.3, 0.4) is 0 Å². The van der Waals surface area contributed by atoms with Crippen LogP contribution in [0.15, 0.2) is 42.6 Å². The van der Waals surface area contributed by atoms with Gasteiger partial charge in [-0.2, -0.15) is 5.26 Å². The number of carbonyl (C=O) groups excluding carboxylic acids is 1. The van der Waals surface area contributed by atoms with Gasteiger partial charge >= 0.3 is 5.97 Å². The van der Waals surface area contributed by atoms with Crippen molar-refractivity contribution >= 4 is 22.8 Å². The van der Waals surface area contributed by atoms with Crippen molar-refractivity contribution in [2.75, 3.05) is 13.7 Å². The zero-order valence-electron chi connectivity index (χ0n) is 24.5. The number of carboxylic acid groups (broad SMARTS) is 1. The Balaban J connectivity index is 1.22. The molecule has 2 heterocycles. The number of aromatic nitrogens is 1. The van der Waals surface area contributed by atoms with Crippen molar-refractivity contribution in [1.82, 2.24) is 15.2 Å². The first-order valence-electron chi connectivity index (χ1n) is 15.2. The second-order valence-electron chi connectivity index (χ2n) is 12.8. The van der Waals surface area contributed by atoms with Crippen molar-refractivity contribution in [3.8, 4) is 11.8 Å². The van der Waals surface area contributed by atoms with Gasteiger partial charge in [0.1, 0.15) is 5.75 Å². The van der Waals surface area contributed by atoms with E-state index < -0.39 is 5.97 Å². The van der Waals surface area contributed by atoms with E-state index in [0.717, 1.165) is 55.6 Å². The lowest BCUT2D eigenvalue weighted by atomic mass is 9.56. The van der Waals surface area contributed by atoms with Gasteiger partial charge in [-0.05, 0) is 106 Å². The highest BCUT2D eigenvalue weighted by atomic mass is 16.5. The Morgan fingerprint density at radius 2 is 1.88 bits per heavy atom. The van der Waals surface area contributed by atoms with Crippen LogP contribution in [0.2, 0.25) is 0 Å². The predicted octanol–water partition coefficient (Wildman–Crippen LogP) is 6.12. The SMILES string of the molecule is COc1cc(C)c2[nH]ccc2c1CN1CCC2(CC(C#N)C2)C[C@H]1c1ccc(C(=O)NC2CCC(C(=O)O)CC2)cc1. The lowest BCUT2D eigenvalue weighted by Gasteiger charge is -2.53. The molecule has 1 amide bonds. The molecule has 8 nitrogen and oxygen atoms in total. The largest absolute Gasteiger partial charge is 0.496 e. The summed E-state index contributed by atoms with van der Waals surface area (Å²) in [5, 5.41) is 23.0. The van der Waals surface area contributed by atoms with Gasteiger partial charge in [0.25, 0.3) is 5.91 Å². The van der Waals surface area contributed by atoms with Gasteiger partial charge in [-0.25, -0.2) is 0 Å². The Labute approximate surface area is 247 Å². The molecule has 3 aliphatic rings. The minimum Gasteiger partial charge on any atom is -0.496 e. The van der Waals surface area contributed by atoms with Crippen LogP contribution in [0.4, 0.5) is 0 Å². The van der Waals surface area contributed by atoms with Crippen molar-refractivity contribution in [2.45, 2.75) is 76.9 Å². The number of carboxylic acids is 1. The second kappa shape index (κ2) is 11.4. The van der Waals surface area contributed by atoms with Crippen LogP contribution < -0.4 is 10.1 Å². The van der Waals surface area contributed by atoms with E-state index in [1.54, 1.807) is 7.11 Å². The number of nitrogens with zero attached hydrogens (tertiary/aromatic N) is 2. The number of aromatic amines is 1. The fraction of sp³-hybridized carbons (Fsp3) is 0.500. The molecule has 1 aromatic heterocycles. The number of aliphatic carboxylic acids is 1. The maximum Gasteiger partial charge on any atom is 0.306 e. The molecule has 2 aromatic carbocycles. The standard InChI is InChI=1S/C34H40N4O4/c1-21-15-30(42-2)28(27-11-13-36-31(21)27)20-38-14-12-34(16-22(17-34)19-35)18-29(38)23-3-5-24(6-4-23)32(39)37-26-9-7-25(8-10-26)33(40)41/h3-6,11,13,15,22,25-26,29,36H,7-10,12,14,16-18,20H2,1-2H3,(H,37,39)(H,40,41)/t22?,25?,26?,29-,34?/m0/s1. The monoisotopic (exact) mass is 568 g/mol. The first-order chi connectivity index (χ1) is 20.3. The highest BCUT2D eigenvalue weighted by Crippen LogP contribution is 2.57. The zero-order chi connectivity index (χ0) is 29.4. The molecule has 6 rings (SSSR count). The number of hydrogen-bond acceptors (Lipinski definition) is 5. The summed E-state index contributed by atoms with van der Waals surface area (Å²) in [5.41, 5.74) is 5.48. The highest BCUT2D eigenvalue weighted by molar-refractivity contribution is 5.94. The van der Waals surface area contributed by atoms with E-state index >= 15 is 0 Å². The summed E-state index contributed by atoms with van der Waals surface area (Å²) >= 11 is 0. The summed E-state index contributed by atoms with van der Waals surface area (Å²) < 4.78 is 5.86. The fourth-order valence-electron chi connectivity index (χ4n) is 7.74. The van der Waals surface area contributed by atoms with Crippen molar-refractivity contribution in [1.29, 1.82) is 5.26 Å². The third-order valence-corrected chi connectivity index (χ3v) is 10.2. The molecule has 2 aliphatic carbocycles. The maximum absolute atomic E-state index is 13.1. The Hall–Kier alpha value is -3.83. The number of H-pyrrole nitrogens is 1. The summed E-state index contributed by atoms with van der Waals surface area (Å²) in [6.45, 7) is 3.79. The topological polar surface area (TPSA) is 118 Å². The highest BCUT2D eigenvalue weighted by Gasteiger charge is 2.49. The average Bonchev–Trinajstić information content (AvgIpc) is 3.49. The molecule has 0 unspecified atom stereocenters. The molecule has 1 atom stereocenters. The third kappa shape index (κ3) is 5.38. The van der Waals surface area contributed by atoms with Gasteiger partial charge in [-0.1, -0.05) is 12.1 Å². The molecule has 1 aliphatic heterocycles. The van der Waals surface area contributed by atoms with Crippen LogP contribution in [0.1, 0.15) is 84.5 Å². The van der Waals surface area contributed by atoms with Crippen molar-refractivity contribution in [2.24, 2.45) is 17.3 Å². The maximum atomic E-state index is 13.1. The molecule has 42 heavy (non-hydrogen) atoms. The summed E-state index contributed by atoms with van der Waals surface area (Å²) in [6.07, 6.45) is 8.59. The van der Waals surface area contributed by atoms with Gasteiger partial charge in [-0.3, -0.25) is 14.5 Å². The van der Waals surface area contributed by atoms with Crippen LogP contribution in [0, 0.1) is 35.5 Å². The van der Waals surface area contributed by atoms with Crippen LogP contribution in [0.25, 0.3) is 10.9 Å². The Bertz CT molecular complexity index is 1510. The number of likely N-dealkylation sites (tertiary alicyclic amines) is 1. The number of piperidine rings is 1. The van der Waals surface area contributed by atoms with Crippen LogP contribution in [0.5, 0.6) is 5.75 Å². The quantitative estimate of drug-likeness (QED) is 0.316. The zero-order valence-corrected chi connectivity index (χ0v) is 24.5. The van der Waals surface area contributed by atoms with Gasteiger partial charge in [0, 0.05) is 52.8 Å². The lowest BCUT2D eigenvalue weighted by Crippen LogP contribution is -2.48. The molecule has 1 spiro atoms. The molecule has 3 fully saturated rings. The Morgan fingerprint density at radius 1 is 1.14 bits per heavy atom. The Morgan fingerprint density at radius 3 is 2.55 bits per heavy atom. The van der Waals surface area contributed by atoms with Gasteiger partial charge < -0.3 is 20.1 Å². The number of ether oxygens (including phenoxy) is 1. The normalized spacial score (nSPS) is 27.7. The van der Waals surface area contributed by atoms with Gasteiger partial charge in [-0.15, -0.1) is 0 Å². The minimum absolute atomic E-state index is 0.0166. The number of benzene rings is 2. The minimum atomic E-state index is -0.739. The number of rotatable bonds is 7. The van der Waals surface area contributed by atoms with E-state index in [1.807, 2.05) is 18.3 Å².